The third-order valence-electron chi connectivity index (χ3n) is 2.67. The highest BCUT2D eigenvalue weighted by Gasteiger charge is 2.20. The van der Waals surface area contributed by atoms with Crippen molar-refractivity contribution < 1.29 is 8.42 Å². The highest BCUT2D eigenvalue weighted by molar-refractivity contribution is 8.00. The number of anilines is 1. The van der Waals surface area contributed by atoms with E-state index in [4.69, 9.17) is 17.3 Å². The van der Waals surface area contributed by atoms with Crippen LogP contribution in [0.15, 0.2) is 58.3 Å². The van der Waals surface area contributed by atoms with Crippen LogP contribution in [0.25, 0.3) is 0 Å². The molecule has 2 rings (SSSR count). The van der Waals surface area contributed by atoms with Crippen LogP contribution in [-0.4, -0.2) is 19.9 Å². The highest BCUT2D eigenvalue weighted by atomic mass is 35.5. The van der Waals surface area contributed by atoms with Gasteiger partial charge in [0.25, 0.3) is 0 Å². The number of nitrogens with two attached hydrogens (primary N) is 1. The fourth-order valence-electron chi connectivity index (χ4n) is 1.74. The van der Waals surface area contributed by atoms with E-state index in [9.17, 15) is 8.42 Å². The summed E-state index contributed by atoms with van der Waals surface area (Å²) < 4.78 is 24.6. The molecule has 0 heterocycles. The summed E-state index contributed by atoms with van der Waals surface area (Å²) in [6.07, 6.45) is 0. The first-order valence-electron chi connectivity index (χ1n) is 5.95. The van der Waals surface area contributed by atoms with Crippen molar-refractivity contribution in [3.8, 4) is 0 Å². The van der Waals surface area contributed by atoms with Crippen LogP contribution in [0.3, 0.4) is 0 Å². The molecular formula is C14H14ClNO2S2. The van der Waals surface area contributed by atoms with Crippen molar-refractivity contribution in [1.82, 2.24) is 0 Å². The minimum Gasteiger partial charge on any atom is -0.398 e. The zero-order chi connectivity index (χ0) is 14.6. The van der Waals surface area contributed by atoms with Crippen LogP contribution in [0, 0.1) is 0 Å². The first-order chi connectivity index (χ1) is 9.50. The van der Waals surface area contributed by atoms with Gasteiger partial charge in [-0.05, 0) is 24.3 Å². The number of nitrogen functional groups attached to an aromatic ring is 1. The Bertz CT molecular complexity index is 667. The molecule has 0 atom stereocenters. The molecule has 2 aromatic rings. The van der Waals surface area contributed by atoms with Crippen molar-refractivity contribution in [2.75, 3.05) is 17.2 Å². The molecule has 0 aliphatic heterocycles. The lowest BCUT2D eigenvalue weighted by molar-refractivity contribution is 0.598. The topological polar surface area (TPSA) is 60.2 Å². The molecule has 0 saturated carbocycles. The Kier molecular flexibility index (Phi) is 4.96. The van der Waals surface area contributed by atoms with E-state index in [-0.39, 0.29) is 21.4 Å². The van der Waals surface area contributed by atoms with Crippen LogP contribution in [0.1, 0.15) is 0 Å². The van der Waals surface area contributed by atoms with Crippen molar-refractivity contribution in [2.24, 2.45) is 0 Å². The minimum absolute atomic E-state index is 0.000490. The Morgan fingerprint density at radius 2 is 1.75 bits per heavy atom. The van der Waals surface area contributed by atoms with Crippen LogP contribution < -0.4 is 5.73 Å². The molecule has 20 heavy (non-hydrogen) atoms. The van der Waals surface area contributed by atoms with E-state index in [0.29, 0.717) is 5.75 Å². The molecule has 2 N–H and O–H groups in total. The molecule has 0 spiro atoms. The van der Waals surface area contributed by atoms with Crippen molar-refractivity contribution in [3.05, 3.63) is 53.6 Å². The summed E-state index contributed by atoms with van der Waals surface area (Å²) in [6, 6.07) is 14.4. The second-order valence-corrected chi connectivity index (χ2v) is 7.76. The lowest BCUT2D eigenvalue weighted by Gasteiger charge is -2.09. The number of hydrogen-bond donors (Lipinski definition) is 1. The maximum absolute atomic E-state index is 12.3. The fourth-order valence-corrected chi connectivity index (χ4v) is 5.07. The average molecular weight is 328 g/mol. The molecule has 0 aliphatic rings. The van der Waals surface area contributed by atoms with Gasteiger partial charge in [0.15, 0.2) is 9.84 Å². The van der Waals surface area contributed by atoms with Gasteiger partial charge in [0.05, 0.1) is 16.5 Å². The first kappa shape index (κ1) is 15.2. The van der Waals surface area contributed by atoms with Gasteiger partial charge in [-0.1, -0.05) is 35.9 Å². The molecule has 0 saturated heterocycles. The van der Waals surface area contributed by atoms with Crippen molar-refractivity contribution in [1.29, 1.82) is 0 Å². The predicted octanol–water partition coefficient (Wildman–Crippen LogP) is 3.49. The van der Waals surface area contributed by atoms with Crippen LogP contribution in [0.2, 0.25) is 5.02 Å². The Morgan fingerprint density at radius 1 is 1.05 bits per heavy atom. The molecule has 0 bridgehead atoms. The number of thioether (sulfide) groups is 1. The summed E-state index contributed by atoms with van der Waals surface area (Å²) in [5.41, 5.74) is 5.92. The average Bonchev–Trinajstić information content (AvgIpc) is 2.39. The van der Waals surface area contributed by atoms with Crippen LogP contribution >= 0.6 is 23.4 Å². The normalized spacial score (nSPS) is 11.4. The van der Waals surface area contributed by atoms with E-state index in [2.05, 4.69) is 0 Å². The van der Waals surface area contributed by atoms with E-state index in [1.165, 1.54) is 17.8 Å². The van der Waals surface area contributed by atoms with Gasteiger partial charge in [-0.15, -0.1) is 11.8 Å². The Hall–Kier alpha value is -1.17. The van der Waals surface area contributed by atoms with E-state index < -0.39 is 9.84 Å². The Balaban J connectivity index is 2.09. The molecule has 0 fully saturated rings. The van der Waals surface area contributed by atoms with Gasteiger partial charge in [-0.25, -0.2) is 8.42 Å². The second-order valence-electron chi connectivity index (χ2n) is 4.14. The monoisotopic (exact) mass is 327 g/mol. The molecule has 3 nitrogen and oxygen atoms in total. The van der Waals surface area contributed by atoms with Gasteiger partial charge in [0.1, 0.15) is 4.90 Å². The number of hydrogen-bond acceptors (Lipinski definition) is 4. The fraction of sp³-hybridized carbons (Fsp3) is 0.143. The molecule has 0 amide bonds. The number of sulfone groups is 1. The molecular weight excluding hydrogens is 314 g/mol. The molecule has 0 radical (unpaired) electrons. The van der Waals surface area contributed by atoms with Gasteiger partial charge >= 0.3 is 0 Å². The standard InChI is InChI=1S/C14H14ClNO2S2/c15-12-7-4-8-13(16)14(12)20(17,18)10-9-19-11-5-2-1-3-6-11/h1-8H,9-10,16H2. The summed E-state index contributed by atoms with van der Waals surface area (Å²) in [6.45, 7) is 0. The zero-order valence-corrected chi connectivity index (χ0v) is 13.0. The molecule has 6 heteroatoms. The smallest absolute Gasteiger partial charge is 0.182 e. The Morgan fingerprint density at radius 3 is 2.40 bits per heavy atom. The van der Waals surface area contributed by atoms with Gasteiger partial charge in [0, 0.05) is 10.6 Å². The van der Waals surface area contributed by atoms with E-state index >= 15 is 0 Å². The van der Waals surface area contributed by atoms with Crippen LogP contribution in [-0.2, 0) is 9.84 Å². The summed E-state index contributed by atoms with van der Waals surface area (Å²) in [5, 5.41) is 0.176. The van der Waals surface area contributed by atoms with Gasteiger partial charge in [-0.2, -0.15) is 0 Å². The molecule has 2 aromatic carbocycles. The SMILES string of the molecule is Nc1cccc(Cl)c1S(=O)(=O)CCSc1ccccc1. The van der Waals surface area contributed by atoms with Gasteiger partial charge < -0.3 is 5.73 Å². The van der Waals surface area contributed by atoms with Crippen molar-refractivity contribution in [3.63, 3.8) is 0 Å². The zero-order valence-electron chi connectivity index (χ0n) is 10.6. The first-order valence-corrected chi connectivity index (χ1v) is 8.97. The predicted molar refractivity (Wildman–Crippen MR) is 85.1 cm³/mol. The van der Waals surface area contributed by atoms with Gasteiger partial charge in [0.2, 0.25) is 0 Å². The molecule has 106 valence electrons. The van der Waals surface area contributed by atoms with Gasteiger partial charge in [-0.3, -0.25) is 0 Å². The Labute approximate surface area is 128 Å². The van der Waals surface area contributed by atoms with Crippen LogP contribution in [0.4, 0.5) is 5.69 Å². The van der Waals surface area contributed by atoms with Crippen molar-refractivity contribution >= 4 is 38.9 Å². The highest BCUT2D eigenvalue weighted by Crippen LogP contribution is 2.29. The van der Waals surface area contributed by atoms with E-state index in [1.807, 2.05) is 30.3 Å². The van der Waals surface area contributed by atoms with Crippen LogP contribution in [0.5, 0.6) is 0 Å². The number of rotatable bonds is 5. The minimum atomic E-state index is -3.47. The quantitative estimate of drug-likeness (QED) is 0.674. The van der Waals surface area contributed by atoms with E-state index in [1.54, 1.807) is 12.1 Å². The third-order valence-corrected chi connectivity index (χ3v) is 6.19. The number of benzene rings is 2. The summed E-state index contributed by atoms with van der Waals surface area (Å²) in [7, 11) is -3.47. The lowest BCUT2D eigenvalue weighted by atomic mass is 10.3. The maximum atomic E-state index is 12.3. The second kappa shape index (κ2) is 6.52. The summed E-state index contributed by atoms with van der Waals surface area (Å²) >= 11 is 7.43. The van der Waals surface area contributed by atoms with E-state index in [0.717, 1.165) is 4.90 Å². The maximum Gasteiger partial charge on any atom is 0.182 e. The van der Waals surface area contributed by atoms with Crippen molar-refractivity contribution in [2.45, 2.75) is 9.79 Å². The number of halogens is 1. The molecule has 0 aromatic heterocycles. The molecule has 0 unspecified atom stereocenters. The lowest BCUT2D eigenvalue weighted by Crippen LogP contribution is -2.11. The molecule has 0 aliphatic carbocycles. The third kappa shape index (κ3) is 3.69. The summed E-state index contributed by atoms with van der Waals surface area (Å²) in [5.74, 6) is 0.456. The largest absolute Gasteiger partial charge is 0.398 e. The summed E-state index contributed by atoms with van der Waals surface area (Å²) in [4.78, 5) is 1.07.